The van der Waals surface area contributed by atoms with Crippen molar-refractivity contribution in [2.75, 3.05) is 25.2 Å². The summed E-state index contributed by atoms with van der Waals surface area (Å²) in [5.74, 6) is 0.429. The Hall–Kier alpha value is -4.83. The predicted molar refractivity (Wildman–Crippen MR) is 164 cm³/mol. The van der Waals surface area contributed by atoms with Crippen molar-refractivity contribution in [2.24, 2.45) is 0 Å². The first kappa shape index (κ1) is 28.3. The van der Waals surface area contributed by atoms with E-state index in [0.29, 0.717) is 52.1 Å². The van der Waals surface area contributed by atoms with E-state index in [1.54, 1.807) is 61.7 Å². The molecule has 3 aromatic carbocycles. The minimum absolute atomic E-state index is 0.00875. The van der Waals surface area contributed by atoms with E-state index >= 15 is 0 Å². The van der Waals surface area contributed by atoms with Gasteiger partial charge in [-0.05, 0) is 73.5 Å². The first-order chi connectivity index (χ1) is 20.8. The molecule has 0 radical (unpaired) electrons. The minimum atomic E-state index is -0.987. The number of aromatic nitrogens is 1. The van der Waals surface area contributed by atoms with Gasteiger partial charge in [-0.2, -0.15) is 0 Å². The number of aliphatic hydroxyl groups excluding tert-OH is 1. The molecule has 3 heterocycles. The molecule has 9 nitrogen and oxygen atoms in total. The maximum absolute atomic E-state index is 13.8. The number of aliphatic hydroxyl groups is 1. The number of hydrogen-bond donors (Lipinski definition) is 1. The number of thiazole rings is 1. The number of hydrogen-bond acceptors (Lipinski definition) is 9. The van der Waals surface area contributed by atoms with Gasteiger partial charge < -0.3 is 24.1 Å². The zero-order chi connectivity index (χ0) is 30.2. The van der Waals surface area contributed by atoms with Crippen molar-refractivity contribution in [2.45, 2.75) is 32.4 Å². The molecule has 0 aliphatic carbocycles. The Morgan fingerprint density at radius 3 is 2.74 bits per heavy atom. The first-order valence-electron chi connectivity index (χ1n) is 13.9. The molecule has 2 atom stereocenters. The van der Waals surface area contributed by atoms with Crippen molar-refractivity contribution in [1.82, 2.24) is 4.98 Å². The fourth-order valence-electron chi connectivity index (χ4n) is 5.42. The van der Waals surface area contributed by atoms with Gasteiger partial charge >= 0.3 is 5.91 Å². The lowest BCUT2D eigenvalue weighted by molar-refractivity contribution is -0.132. The van der Waals surface area contributed by atoms with Gasteiger partial charge in [-0.3, -0.25) is 14.5 Å². The Morgan fingerprint density at radius 2 is 1.98 bits per heavy atom. The number of methoxy groups -OCH3 is 1. The molecule has 0 saturated carbocycles. The molecule has 1 amide bonds. The summed E-state index contributed by atoms with van der Waals surface area (Å²) >= 11 is 1.26. The summed E-state index contributed by atoms with van der Waals surface area (Å²) in [7, 11) is 1.58. The monoisotopic (exact) mass is 598 g/mol. The Morgan fingerprint density at radius 1 is 1.14 bits per heavy atom. The number of nitrogens with zero attached hydrogens (tertiary/aromatic N) is 2. The van der Waals surface area contributed by atoms with Gasteiger partial charge in [-0.15, -0.1) is 0 Å². The lowest BCUT2D eigenvalue weighted by atomic mass is 9.94. The molecule has 43 heavy (non-hydrogen) atoms. The second-order valence-electron chi connectivity index (χ2n) is 10.2. The zero-order valence-corrected chi connectivity index (χ0v) is 24.8. The highest BCUT2D eigenvalue weighted by Gasteiger charge is 2.48. The largest absolute Gasteiger partial charge is 0.507 e. The number of benzene rings is 3. The first-order valence-corrected chi connectivity index (χ1v) is 14.7. The van der Waals surface area contributed by atoms with Crippen molar-refractivity contribution in [1.29, 1.82) is 0 Å². The molecular weight excluding hydrogens is 568 g/mol. The van der Waals surface area contributed by atoms with E-state index in [0.717, 1.165) is 16.0 Å². The molecule has 2 aliphatic heterocycles. The molecule has 0 unspecified atom stereocenters. The maximum atomic E-state index is 13.8. The summed E-state index contributed by atoms with van der Waals surface area (Å²) in [5, 5.41) is 12.0. The summed E-state index contributed by atoms with van der Waals surface area (Å²) in [6.45, 7) is 8.16. The van der Waals surface area contributed by atoms with E-state index < -0.39 is 17.7 Å². The van der Waals surface area contributed by atoms with Crippen molar-refractivity contribution in [3.63, 3.8) is 0 Å². The molecule has 10 heteroatoms. The molecule has 6 rings (SSSR count). The molecule has 220 valence electrons. The normalized spacial score (nSPS) is 18.9. The average molecular weight is 599 g/mol. The van der Waals surface area contributed by atoms with Crippen LogP contribution in [0.2, 0.25) is 0 Å². The van der Waals surface area contributed by atoms with Gasteiger partial charge in [0, 0.05) is 12.0 Å². The number of carbonyl (C=O) groups excluding carboxylic acids is 2. The van der Waals surface area contributed by atoms with Gasteiger partial charge in [-0.25, -0.2) is 4.98 Å². The Kier molecular flexibility index (Phi) is 7.53. The van der Waals surface area contributed by atoms with E-state index in [-0.39, 0.29) is 24.0 Å². The third-order valence-electron chi connectivity index (χ3n) is 7.34. The second-order valence-corrected chi connectivity index (χ2v) is 11.2. The average Bonchev–Trinajstić information content (AvgIpc) is 3.67. The van der Waals surface area contributed by atoms with Crippen LogP contribution in [0.5, 0.6) is 23.0 Å². The fraction of sp³-hybridized carbons (Fsp3) is 0.242. The van der Waals surface area contributed by atoms with Crippen LogP contribution in [0.4, 0.5) is 5.13 Å². The predicted octanol–water partition coefficient (Wildman–Crippen LogP) is 6.22. The van der Waals surface area contributed by atoms with Gasteiger partial charge in [0.05, 0.1) is 35.5 Å². The molecule has 4 aromatic rings. The Bertz CT molecular complexity index is 1790. The minimum Gasteiger partial charge on any atom is -0.507 e. The highest BCUT2D eigenvalue weighted by Crippen LogP contribution is 2.46. The van der Waals surface area contributed by atoms with Crippen LogP contribution < -0.4 is 23.8 Å². The summed E-state index contributed by atoms with van der Waals surface area (Å²) in [6.07, 6.45) is 2.31. The van der Waals surface area contributed by atoms with Crippen LogP contribution in [0.3, 0.4) is 0 Å². The Balaban J connectivity index is 1.53. The summed E-state index contributed by atoms with van der Waals surface area (Å²) in [5.41, 5.74) is 2.49. The molecule has 1 N–H and O–H groups in total. The number of Topliss-reactive ketones (excluding diaryl/α,β-unsaturated/α-hetero) is 1. The SMILES string of the molecule is C=CCOc1ccc([C@@H]2/C(=C(\O)c3ccc4c(c3)C[C@H](C)O4)C(=O)C(=O)N2c2nc3ccc(OC)cc3s2)cc1OCC. The van der Waals surface area contributed by atoms with Crippen LogP contribution in [0, 0.1) is 0 Å². The lowest BCUT2D eigenvalue weighted by Crippen LogP contribution is -2.29. The maximum Gasteiger partial charge on any atom is 0.301 e. The lowest BCUT2D eigenvalue weighted by Gasteiger charge is -2.24. The van der Waals surface area contributed by atoms with Crippen molar-refractivity contribution in [3.05, 3.63) is 89.5 Å². The smallest absolute Gasteiger partial charge is 0.301 e. The third-order valence-corrected chi connectivity index (χ3v) is 8.36. The summed E-state index contributed by atoms with van der Waals surface area (Å²) < 4.78 is 23.6. The summed E-state index contributed by atoms with van der Waals surface area (Å²) in [6, 6.07) is 14.9. The van der Waals surface area contributed by atoms with E-state index in [4.69, 9.17) is 23.9 Å². The molecule has 1 aromatic heterocycles. The van der Waals surface area contributed by atoms with Crippen molar-refractivity contribution in [3.8, 4) is 23.0 Å². The van der Waals surface area contributed by atoms with Gasteiger partial charge in [0.25, 0.3) is 5.78 Å². The van der Waals surface area contributed by atoms with E-state index in [1.807, 2.05) is 19.9 Å². The number of ketones is 1. The van der Waals surface area contributed by atoms with Gasteiger partial charge in [0.2, 0.25) is 0 Å². The number of carbonyl (C=O) groups is 2. The van der Waals surface area contributed by atoms with Crippen molar-refractivity contribution >= 4 is 44.1 Å². The standard InChI is InChI=1S/C33H30N2O7S/c1-5-13-41-25-12-7-19(16-26(25)40-6-2)29-28(30(36)20-8-11-24-21(15-20)14-18(3)42-24)31(37)32(38)35(29)33-34-23-10-9-22(39-4)17-27(23)43-33/h5,7-12,15-18,29,36H,1,6,13-14H2,2-4H3/b30-28+/t18-,29+/m0/s1. The van der Waals surface area contributed by atoms with E-state index in [2.05, 4.69) is 6.58 Å². The molecule has 0 bridgehead atoms. The van der Waals surface area contributed by atoms with Gasteiger partial charge in [0.15, 0.2) is 16.6 Å². The zero-order valence-electron chi connectivity index (χ0n) is 24.0. The van der Waals surface area contributed by atoms with Gasteiger partial charge in [-0.1, -0.05) is 30.1 Å². The number of ether oxygens (including phenoxy) is 4. The van der Waals surface area contributed by atoms with Crippen LogP contribution in [-0.4, -0.2) is 48.2 Å². The van der Waals surface area contributed by atoms with Crippen LogP contribution >= 0.6 is 11.3 Å². The van der Waals surface area contributed by atoms with Gasteiger partial charge in [0.1, 0.15) is 30.0 Å². The van der Waals surface area contributed by atoms with Crippen LogP contribution in [0.25, 0.3) is 16.0 Å². The topological polar surface area (TPSA) is 107 Å². The van der Waals surface area contributed by atoms with Crippen molar-refractivity contribution < 1.29 is 33.6 Å². The quantitative estimate of drug-likeness (QED) is 0.105. The number of amides is 1. The molecule has 0 spiro atoms. The van der Waals surface area contributed by atoms with Crippen LogP contribution in [0.1, 0.15) is 36.6 Å². The molecule has 1 fully saturated rings. The fourth-order valence-corrected chi connectivity index (χ4v) is 6.44. The Labute approximate surface area is 252 Å². The number of fused-ring (bicyclic) bond motifs is 2. The number of anilines is 1. The molecular formula is C33H30N2O7S. The summed E-state index contributed by atoms with van der Waals surface area (Å²) in [4.78, 5) is 33.6. The highest BCUT2D eigenvalue weighted by molar-refractivity contribution is 7.22. The second kappa shape index (κ2) is 11.4. The van der Waals surface area contributed by atoms with Crippen LogP contribution in [0.15, 0.2) is 72.8 Å². The molecule has 1 saturated heterocycles. The van der Waals surface area contributed by atoms with Crippen LogP contribution in [-0.2, 0) is 16.0 Å². The van der Waals surface area contributed by atoms with E-state index in [1.165, 1.54) is 16.2 Å². The highest BCUT2D eigenvalue weighted by atomic mass is 32.1. The molecule has 2 aliphatic rings. The van der Waals surface area contributed by atoms with E-state index in [9.17, 15) is 14.7 Å². The number of rotatable bonds is 9. The third kappa shape index (κ3) is 5.08.